The van der Waals surface area contributed by atoms with Crippen LogP contribution in [0.1, 0.15) is 49.3 Å². The number of benzene rings is 1. The second kappa shape index (κ2) is 6.12. The maximum atomic E-state index is 13.9. The fraction of sp³-hybridized carbons (Fsp3) is 0.625. The third-order valence-corrected chi connectivity index (χ3v) is 5.25. The molecule has 2 N–H and O–H groups in total. The van der Waals surface area contributed by atoms with Crippen LogP contribution in [-0.2, 0) is 6.42 Å². The number of aliphatic hydroxyl groups is 1. The van der Waals surface area contributed by atoms with Gasteiger partial charge < -0.3 is 10.4 Å². The van der Waals surface area contributed by atoms with Crippen molar-refractivity contribution in [2.24, 2.45) is 5.92 Å². The number of aliphatic hydroxyl groups excluding tert-OH is 1. The van der Waals surface area contributed by atoms with Crippen molar-refractivity contribution in [3.63, 3.8) is 0 Å². The standard InChI is InChI=1S/C16H21BrFNO/c17-11-7-14-13(15(18)8-11)5-6-16(14)19-12-3-1-10(9-20)2-4-12/h7-8,10,12,16,19-20H,1-6,9H2. The van der Waals surface area contributed by atoms with Gasteiger partial charge in [0.2, 0.25) is 0 Å². The minimum atomic E-state index is -0.0809. The van der Waals surface area contributed by atoms with Crippen LogP contribution in [0.4, 0.5) is 4.39 Å². The van der Waals surface area contributed by atoms with Gasteiger partial charge in [-0.05, 0) is 67.7 Å². The van der Waals surface area contributed by atoms with Crippen molar-refractivity contribution in [3.8, 4) is 0 Å². The van der Waals surface area contributed by atoms with Crippen LogP contribution >= 0.6 is 15.9 Å². The van der Waals surface area contributed by atoms with E-state index in [-0.39, 0.29) is 11.9 Å². The zero-order valence-electron chi connectivity index (χ0n) is 11.5. The van der Waals surface area contributed by atoms with Crippen molar-refractivity contribution in [3.05, 3.63) is 33.5 Å². The highest BCUT2D eigenvalue weighted by molar-refractivity contribution is 9.10. The maximum Gasteiger partial charge on any atom is 0.127 e. The SMILES string of the molecule is OCC1CCC(NC2CCc3c(F)cc(Br)cc32)CC1. The molecule has 110 valence electrons. The first-order chi connectivity index (χ1) is 9.67. The predicted octanol–water partition coefficient (Wildman–Crippen LogP) is 3.72. The Hall–Kier alpha value is -0.450. The third kappa shape index (κ3) is 2.92. The third-order valence-electron chi connectivity index (χ3n) is 4.80. The summed E-state index contributed by atoms with van der Waals surface area (Å²) in [6, 6.07) is 4.42. The minimum absolute atomic E-state index is 0.0809. The molecule has 4 heteroatoms. The Labute approximate surface area is 127 Å². The first-order valence-corrected chi connectivity index (χ1v) is 8.31. The number of nitrogens with one attached hydrogen (secondary N) is 1. The topological polar surface area (TPSA) is 32.3 Å². The zero-order chi connectivity index (χ0) is 14.1. The van der Waals surface area contributed by atoms with E-state index in [9.17, 15) is 9.50 Å². The van der Waals surface area contributed by atoms with Crippen LogP contribution in [0.15, 0.2) is 16.6 Å². The Morgan fingerprint density at radius 1 is 1.20 bits per heavy atom. The molecule has 0 spiro atoms. The van der Waals surface area contributed by atoms with Gasteiger partial charge in [-0.15, -0.1) is 0 Å². The van der Waals surface area contributed by atoms with E-state index in [1.54, 1.807) is 6.07 Å². The first-order valence-electron chi connectivity index (χ1n) is 7.52. The molecule has 0 aliphatic heterocycles. The fourth-order valence-corrected chi connectivity index (χ4v) is 4.06. The largest absolute Gasteiger partial charge is 0.396 e. The van der Waals surface area contributed by atoms with Gasteiger partial charge in [0.15, 0.2) is 0 Å². The average Bonchev–Trinajstić information content (AvgIpc) is 2.83. The van der Waals surface area contributed by atoms with Gasteiger partial charge in [0, 0.05) is 23.2 Å². The summed E-state index contributed by atoms with van der Waals surface area (Å²) in [4.78, 5) is 0. The smallest absolute Gasteiger partial charge is 0.127 e. The Morgan fingerprint density at radius 3 is 2.65 bits per heavy atom. The molecule has 1 aromatic carbocycles. The van der Waals surface area contributed by atoms with Crippen molar-refractivity contribution in [1.29, 1.82) is 0 Å². The Morgan fingerprint density at radius 2 is 1.95 bits per heavy atom. The van der Waals surface area contributed by atoms with Crippen molar-refractivity contribution in [2.75, 3.05) is 6.61 Å². The molecular weight excluding hydrogens is 321 g/mol. The van der Waals surface area contributed by atoms with E-state index in [0.29, 0.717) is 18.6 Å². The molecule has 1 saturated carbocycles. The molecule has 1 atom stereocenters. The van der Waals surface area contributed by atoms with Crippen LogP contribution in [0, 0.1) is 11.7 Å². The number of rotatable bonds is 3. The van der Waals surface area contributed by atoms with Crippen LogP contribution in [0.3, 0.4) is 0 Å². The van der Waals surface area contributed by atoms with E-state index in [0.717, 1.165) is 54.1 Å². The van der Waals surface area contributed by atoms with Gasteiger partial charge in [0.05, 0.1) is 0 Å². The van der Waals surface area contributed by atoms with Gasteiger partial charge in [-0.3, -0.25) is 0 Å². The van der Waals surface area contributed by atoms with E-state index in [1.807, 2.05) is 0 Å². The summed E-state index contributed by atoms with van der Waals surface area (Å²) in [6.45, 7) is 0.317. The highest BCUT2D eigenvalue weighted by Crippen LogP contribution is 2.36. The lowest BCUT2D eigenvalue weighted by Gasteiger charge is -2.30. The van der Waals surface area contributed by atoms with Crippen molar-refractivity contribution in [2.45, 2.75) is 50.6 Å². The molecule has 20 heavy (non-hydrogen) atoms. The van der Waals surface area contributed by atoms with Gasteiger partial charge in [0.25, 0.3) is 0 Å². The van der Waals surface area contributed by atoms with Gasteiger partial charge in [-0.2, -0.15) is 0 Å². The molecule has 1 unspecified atom stereocenters. The summed E-state index contributed by atoms with van der Waals surface area (Å²) >= 11 is 3.39. The van der Waals surface area contributed by atoms with Crippen molar-refractivity contribution in [1.82, 2.24) is 5.32 Å². The van der Waals surface area contributed by atoms with Crippen LogP contribution in [-0.4, -0.2) is 17.8 Å². The lowest BCUT2D eigenvalue weighted by Crippen LogP contribution is -2.35. The molecule has 0 aromatic heterocycles. The first kappa shape index (κ1) is 14.5. The Kier molecular flexibility index (Phi) is 4.43. The van der Waals surface area contributed by atoms with Crippen molar-refractivity contribution >= 4 is 15.9 Å². The molecule has 2 nitrogen and oxygen atoms in total. The van der Waals surface area contributed by atoms with Crippen LogP contribution in [0.2, 0.25) is 0 Å². The van der Waals surface area contributed by atoms with Gasteiger partial charge in [0.1, 0.15) is 5.82 Å². The maximum absolute atomic E-state index is 13.9. The molecule has 0 heterocycles. The highest BCUT2D eigenvalue weighted by Gasteiger charge is 2.29. The van der Waals surface area contributed by atoms with Gasteiger partial charge >= 0.3 is 0 Å². The Bertz CT molecular complexity index is 486. The molecule has 1 aromatic rings. The summed E-state index contributed by atoms with van der Waals surface area (Å²) in [5.74, 6) is 0.401. The molecule has 2 aliphatic carbocycles. The zero-order valence-corrected chi connectivity index (χ0v) is 13.1. The van der Waals surface area contributed by atoms with Gasteiger partial charge in [-0.1, -0.05) is 15.9 Å². The van der Waals surface area contributed by atoms with Gasteiger partial charge in [-0.25, -0.2) is 4.39 Å². The van der Waals surface area contributed by atoms with E-state index >= 15 is 0 Å². The Balaban J connectivity index is 1.67. The fourth-order valence-electron chi connectivity index (χ4n) is 3.61. The summed E-state index contributed by atoms with van der Waals surface area (Å²) in [6.07, 6.45) is 6.25. The van der Waals surface area contributed by atoms with E-state index in [4.69, 9.17) is 0 Å². The van der Waals surface area contributed by atoms with Crippen LogP contribution < -0.4 is 5.32 Å². The molecule has 2 aliphatic rings. The molecule has 0 amide bonds. The summed E-state index contributed by atoms with van der Waals surface area (Å²) in [5, 5.41) is 12.9. The van der Waals surface area contributed by atoms with E-state index < -0.39 is 0 Å². The lowest BCUT2D eigenvalue weighted by molar-refractivity contribution is 0.171. The number of fused-ring (bicyclic) bond motifs is 1. The number of hydrogen-bond acceptors (Lipinski definition) is 2. The number of hydrogen-bond donors (Lipinski definition) is 2. The van der Waals surface area contributed by atoms with E-state index in [2.05, 4.69) is 27.3 Å². The summed E-state index contributed by atoms with van der Waals surface area (Å²) in [5.41, 5.74) is 2.01. The number of halogens is 2. The van der Waals surface area contributed by atoms with Crippen molar-refractivity contribution < 1.29 is 9.50 Å². The molecular formula is C16H21BrFNO. The molecule has 0 bridgehead atoms. The summed E-state index contributed by atoms with van der Waals surface area (Å²) < 4.78 is 14.7. The molecule has 3 rings (SSSR count). The quantitative estimate of drug-likeness (QED) is 0.878. The lowest BCUT2D eigenvalue weighted by atomic mass is 9.86. The highest BCUT2D eigenvalue weighted by atomic mass is 79.9. The normalized spacial score (nSPS) is 29.4. The summed E-state index contributed by atoms with van der Waals surface area (Å²) in [7, 11) is 0. The average molecular weight is 342 g/mol. The molecule has 1 fully saturated rings. The predicted molar refractivity (Wildman–Crippen MR) is 81.1 cm³/mol. The van der Waals surface area contributed by atoms with E-state index in [1.165, 1.54) is 0 Å². The van der Waals surface area contributed by atoms with Crippen LogP contribution in [0.5, 0.6) is 0 Å². The second-order valence-electron chi connectivity index (χ2n) is 6.11. The monoisotopic (exact) mass is 341 g/mol. The molecule has 0 saturated heterocycles. The van der Waals surface area contributed by atoms with Crippen LogP contribution in [0.25, 0.3) is 0 Å². The minimum Gasteiger partial charge on any atom is -0.396 e. The molecule has 0 radical (unpaired) electrons. The second-order valence-corrected chi connectivity index (χ2v) is 7.03.